The van der Waals surface area contributed by atoms with Crippen LogP contribution in [0.4, 0.5) is 18.8 Å². The van der Waals surface area contributed by atoms with Crippen molar-refractivity contribution in [2.24, 2.45) is 35.5 Å². The summed E-state index contributed by atoms with van der Waals surface area (Å²) in [6.45, 7) is 21.6. The number of ketones is 3. The highest BCUT2D eigenvalue weighted by Crippen LogP contribution is 2.41. The molecule has 0 bridgehead atoms. The second kappa shape index (κ2) is 39.4. The molecule has 0 aromatic heterocycles. The van der Waals surface area contributed by atoms with E-state index < -0.39 is 76.6 Å². The number of aryl methyl sites for hydroxylation is 6. The minimum absolute atomic E-state index is 0.0494. The zero-order chi connectivity index (χ0) is 88.5. The molecule has 1 N–H and O–H groups in total. The van der Waals surface area contributed by atoms with Crippen molar-refractivity contribution < 1.29 is 90.5 Å². The number of carbonyl (C=O) groups is 9. The predicted molar refractivity (Wildman–Crippen MR) is 471 cm³/mol. The topological polar surface area (TPSA) is 257 Å². The molecule has 0 radical (unpaired) electrons. The summed E-state index contributed by atoms with van der Waals surface area (Å²) in [6.07, 6.45) is 1.34. The van der Waals surface area contributed by atoms with Crippen LogP contribution in [0.3, 0.4) is 0 Å². The van der Waals surface area contributed by atoms with Gasteiger partial charge in [-0.2, -0.15) is 0 Å². The van der Waals surface area contributed by atoms with Crippen molar-refractivity contribution in [3.8, 4) is 34.5 Å². The number of esters is 2. The summed E-state index contributed by atoms with van der Waals surface area (Å²) < 4.78 is 61.4. The number of hydrogen-bond donors (Lipinski definition) is 1. The number of benzene rings is 9. The third-order valence-corrected chi connectivity index (χ3v) is 25.2. The van der Waals surface area contributed by atoms with Crippen molar-refractivity contribution >= 4 is 112 Å². The molecule has 3 fully saturated rings. The Bertz CT molecular complexity index is 5370. The number of rotatable bonds is 31. The number of carboxylic acid groups (broad SMARTS) is 1. The molecule has 6 atom stereocenters. The molecule has 0 saturated carbocycles. The highest BCUT2D eigenvalue weighted by molar-refractivity contribution is 7.99. The first-order valence-corrected chi connectivity index (χ1v) is 44.2. The lowest BCUT2D eigenvalue weighted by molar-refractivity contribution is -0.157. The monoisotopic (exact) mass is 1770 g/mol. The number of likely N-dealkylation sites (tertiary alicyclic amines) is 3. The van der Waals surface area contributed by atoms with Crippen LogP contribution in [0.5, 0.6) is 34.5 Å². The van der Waals surface area contributed by atoms with E-state index in [1.807, 2.05) is 108 Å². The average molecular weight is 1770 g/mol. The average Bonchev–Trinajstić information content (AvgIpc) is 1.71. The van der Waals surface area contributed by atoms with Crippen LogP contribution in [-0.2, 0) is 43.1 Å². The number of thioether (sulfide) groups is 3. The van der Waals surface area contributed by atoms with Gasteiger partial charge in [-0.05, 0) is 286 Å². The molecular formula is C96H98Cl2FN3O18S3. The fraction of sp³-hybridized carbons (Fsp3) is 0.344. The van der Waals surface area contributed by atoms with E-state index >= 15 is 0 Å². The Balaban J connectivity index is 0.646. The van der Waals surface area contributed by atoms with Crippen molar-refractivity contribution in [3.63, 3.8) is 0 Å². The van der Waals surface area contributed by atoms with Gasteiger partial charge < -0.3 is 57.7 Å². The minimum Gasteiger partial charge on any atom is -0.478 e. The molecule has 3 saturated heterocycles. The maximum atomic E-state index is 14.8. The Morgan fingerprint density at radius 1 is 0.390 bits per heavy atom. The van der Waals surface area contributed by atoms with E-state index in [0.29, 0.717) is 85.0 Å². The molecule has 0 aliphatic carbocycles. The number of carbonyl (C=O) groups excluding carboxylic acids is 8. The molecule has 123 heavy (non-hydrogen) atoms. The van der Waals surface area contributed by atoms with Crippen molar-refractivity contribution in [2.45, 2.75) is 134 Å². The number of halogens is 3. The Morgan fingerprint density at radius 2 is 0.659 bits per heavy atom. The van der Waals surface area contributed by atoms with Gasteiger partial charge in [-0.3, -0.25) is 14.4 Å². The molecule has 0 unspecified atom stereocenters. The standard InChI is InChI=1S/C96H98Cl2FN3O18S3/c1-55-38-61(39-56(2)85(55)118-94(7,8)88(106)107)44-68-49-102(93(112)117-75-30-24-72(99)25-31-75)52-81(68)84(105)66-18-36-78(37-19-66)123-54-114-90(109)96(11,12)120-87-59(5)42-63(43-60(87)6)46-69-48-101(92(111)116-74-28-22-71(98)23-29-74)51-80(69)83(104)65-16-34-77(35-17-65)122-53-113-89(108)95(9,10)119-86-57(3)40-62(41-58(86)4)45-67-47-100(91(110)115-73-26-20-70(97)21-27-73)50-79(67)82(103)64-14-32-76(121-13)33-15-64/h14-43,67-69,79-81H,44-54H2,1-13H3,(H,106,107)/t67-,68-,69+,79-,80+,81-/m0/s1. The molecule has 3 amide bonds. The summed E-state index contributed by atoms with van der Waals surface area (Å²) in [5.41, 5.74) is 4.06. The van der Waals surface area contributed by atoms with Crippen LogP contribution in [0.15, 0.2) is 197 Å². The Morgan fingerprint density at radius 3 is 0.935 bits per heavy atom. The normalized spacial score (nSPS) is 17.1. The molecule has 3 aliphatic rings. The van der Waals surface area contributed by atoms with Crippen LogP contribution in [0.2, 0.25) is 10.0 Å². The third kappa shape index (κ3) is 23.0. The zero-order valence-corrected chi connectivity index (χ0v) is 74.6. The number of Topliss-reactive ketones (excluding diaryl/α,β-unsaturated/α-hetero) is 3. The van der Waals surface area contributed by atoms with Crippen molar-refractivity contribution in [2.75, 3.05) is 57.4 Å². The highest BCUT2D eigenvalue weighted by Gasteiger charge is 2.45. The fourth-order valence-electron chi connectivity index (χ4n) is 15.8. The van der Waals surface area contributed by atoms with Crippen LogP contribution < -0.4 is 28.4 Å². The SMILES string of the molecule is CSc1ccc(C(=O)[C@H]2CN(C(=O)Oc3ccc(Cl)cc3)C[C@@H]2Cc2cc(C)c(OC(C)(C)C(=O)OCSc3ccc(C(=O)[C@@H]4CN(C(=O)Oc5ccc(Cl)cc5)C[C@H]4Cc4cc(C)c(OC(C)(C)C(=O)OCSc5ccc(C(=O)[C@H]6CN(C(=O)Oc7ccc(F)cc7)C[C@@H]6Cc6cc(C)c(OC(C)(C)C(=O)O)c(C)c6)cc5)c(C)c4)cc3)c(C)c2)cc1. The number of amides is 3. The molecule has 3 heterocycles. The van der Waals surface area contributed by atoms with Gasteiger partial charge >= 0.3 is 36.2 Å². The summed E-state index contributed by atoms with van der Waals surface area (Å²) in [5.74, 6) is -4.06. The number of hydrogen-bond acceptors (Lipinski definition) is 20. The van der Waals surface area contributed by atoms with E-state index in [1.165, 1.54) is 71.4 Å². The molecule has 644 valence electrons. The summed E-state index contributed by atoms with van der Waals surface area (Å²) in [5, 5.41) is 10.7. The smallest absolute Gasteiger partial charge is 0.415 e. The molecule has 0 spiro atoms. The lowest BCUT2D eigenvalue weighted by Crippen LogP contribution is -2.40. The molecule has 9 aromatic rings. The van der Waals surface area contributed by atoms with Gasteiger partial charge in [-0.1, -0.05) is 120 Å². The number of ether oxygens (including phenoxy) is 8. The molecule has 21 nitrogen and oxygen atoms in total. The maximum Gasteiger partial charge on any atom is 0.415 e. The number of aliphatic carboxylic acids is 1. The lowest BCUT2D eigenvalue weighted by Gasteiger charge is -2.27. The molecule has 3 aliphatic heterocycles. The van der Waals surface area contributed by atoms with Crippen LogP contribution in [0.1, 0.15) is 123 Å². The van der Waals surface area contributed by atoms with E-state index in [4.69, 9.17) is 61.1 Å². The number of carboxylic acids is 1. The van der Waals surface area contributed by atoms with Crippen LogP contribution in [0, 0.1) is 82.9 Å². The van der Waals surface area contributed by atoms with E-state index in [2.05, 4.69) is 0 Å². The van der Waals surface area contributed by atoms with E-state index in [-0.39, 0.29) is 97.7 Å². The zero-order valence-electron chi connectivity index (χ0n) is 70.7. The van der Waals surface area contributed by atoms with Gasteiger partial charge in [0.15, 0.2) is 34.2 Å². The van der Waals surface area contributed by atoms with Gasteiger partial charge in [0, 0.05) is 98.4 Å². The van der Waals surface area contributed by atoms with Gasteiger partial charge in [0.2, 0.25) is 0 Å². The van der Waals surface area contributed by atoms with Gasteiger partial charge in [-0.15, -0.1) is 11.8 Å². The van der Waals surface area contributed by atoms with E-state index in [0.717, 1.165) is 48.7 Å². The number of nitrogens with zero attached hydrogens (tertiary/aromatic N) is 3. The minimum atomic E-state index is -1.49. The van der Waals surface area contributed by atoms with Gasteiger partial charge in [0.1, 0.15) is 52.2 Å². The summed E-state index contributed by atoms with van der Waals surface area (Å²) in [7, 11) is 0. The Kier molecular flexibility index (Phi) is 29.2. The summed E-state index contributed by atoms with van der Waals surface area (Å²) >= 11 is 16.3. The quantitative estimate of drug-likeness (QED) is 0.0183. The summed E-state index contributed by atoms with van der Waals surface area (Å²) in [6, 6.07) is 51.0. The Labute approximate surface area is 738 Å². The highest BCUT2D eigenvalue weighted by atomic mass is 35.5. The first-order chi connectivity index (χ1) is 58.4. The molecule has 9 aromatic carbocycles. The predicted octanol–water partition coefficient (Wildman–Crippen LogP) is 20.4. The van der Waals surface area contributed by atoms with Crippen molar-refractivity contribution in [1.82, 2.24) is 14.7 Å². The first-order valence-electron chi connectivity index (χ1n) is 40.2. The maximum absolute atomic E-state index is 14.8. The van der Waals surface area contributed by atoms with E-state index in [9.17, 15) is 52.6 Å². The fourth-order valence-corrected chi connectivity index (χ4v) is 17.7. The van der Waals surface area contributed by atoms with Crippen molar-refractivity contribution in [3.05, 3.63) is 265 Å². The largest absolute Gasteiger partial charge is 0.478 e. The molecular weight excluding hydrogens is 1670 g/mol. The second-order valence-electron chi connectivity index (χ2n) is 33.0. The first kappa shape index (κ1) is 91.4. The van der Waals surface area contributed by atoms with E-state index in [1.54, 1.807) is 141 Å². The van der Waals surface area contributed by atoms with Crippen LogP contribution in [-0.4, -0.2) is 148 Å². The van der Waals surface area contributed by atoms with Gasteiger partial charge in [0.05, 0.1) is 0 Å². The Hall–Kier alpha value is -10.8. The second-order valence-corrected chi connectivity index (χ2v) is 36.7. The van der Waals surface area contributed by atoms with Gasteiger partial charge in [0.25, 0.3) is 0 Å². The molecule has 27 heteroatoms. The van der Waals surface area contributed by atoms with Crippen molar-refractivity contribution in [1.29, 1.82) is 0 Å². The summed E-state index contributed by atoms with van der Waals surface area (Å²) in [4.78, 5) is 132. The van der Waals surface area contributed by atoms with Crippen LogP contribution in [0.25, 0.3) is 0 Å². The van der Waals surface area contributed by atoms with Crippen LogP contribution >= 0.6 is 58.5 Å². The lowest BCUT2D eigenvalue weighted by atomic mass is 9.84. The third-order valence-electron chi connectivity index (χ3n) is 22.3. The molecule has 12 rings (SSSR count). The van der Waals surface area contributed by atoms with Gasteiger partial charge in [-0.25, -0.2) is 33.2 Å².